The zero-order valence-corrected chi connectivity index (χ0v) is 10.1. The highest BCUT2D eigenvalue weighted by Gasteiger charge is 2.08. The Labute approximate surface area is 102 Å². The molecule has 0 spiro atoms. The van der Waals surface area contributed by atoms with E-state index in [1.54, 1.807) is 6.07 Å². The van der Waals surface area contributed by atoms with E-state index < -0.39 is 0 Å². The minimum Gasteiger partial charge on any atom is -0.289 e. The molecule has 0 saturated heterocycles. The summed E-state index contributed by atoms with van der Waals surface area (Å²) in [5.74, 6) is 0.0223. The summed E-state index contributed by atoms with van der Waals surface area (Å²) in [5.41, 5.74) is 1.32. The van der Waals surface area contributed by atoms with Crippen LogP contribution in [0.5, 0.6) is 0 Å². The molecule has 0 heterocycles. The molecule has 2 rings (SSSR count). The molecule has 0 unspecified atom stereocenters. The molecule has 0 aromatic heterocycles. The van der Waals surface area contributed by atoms with Crippen LogP contribution in [0.3, 0.4) is 0 Å². The van der Waals surface area contributed by atoms with Gasteiger partial charge in [-0.25, -0.2) is 0 Å². The normalized spacial score (nSPS) is 9.93. The first-order valence-corrected chi connectivity index (χ1v) is 5.62. The van der Waals surface area contributed by atoms with Crippen LogP contribution in [0.4, 0.5) is 0 Å². The van der Waals surface area contributed by atoms with Crippen molar-refractivity contribution in [2.45, 2.75) is 0 Å². The number of hydrogen-bond donors (Lipinski definition) is 0. The lowest BCUT2D eigenvalue weighted by atomic mass is 10.0. The fourth-order valence-corrected chi connectivity index (χ4v) is 1.81. The zero-order chi connectivity index (χ0) is 10.7. The van der Waals surface area contributed by atoms with Gasteiger partial charge in [-0.1, -0.05) is 36.4 Å². The van der Waals surface area contributed by atoms with Crippen molar-refractivity contribution >= 4 is 28.4 Å². The maximum Gasteiger partial charge on any atom is 0.193 e. The lowest BCUT2D eigenvalue weighted by Crippen LogP contribution is -2.01. The van der Waals surface area contributed by atoms with Gasteiger partial charge >= 0.3 is 0 Å². The van der Waals surface area contributed by atoms with Gasteiger partial charge in [0.25, 0.3) is 0 Å². The highest BCUT2D eigenvalue weighted by Crippen LogP contribution is 2.12. The van der Waals surface area contributed by atoms with Crippen LogP contribution in [0.25, 0.3) is 0 Å². The number of halogens is 1. The van der Waals surface area contributed by atoms with Gasteiger partial charge < -0.3 is 0 Å². The molecular formula is C13H8IO. The Morgan fingerprint density at radius 2 is 1.87 bits per heavy atom. The lowest BCUT2D eigenvalue weighted by Gasteiger charge is -2.00. The van der Waals surface area contributed by atoms with Gasteiger partial charge in [0, 0.05) is 14.7 Å². The quantitative estimate of drug-likeness (QED) is 0.614. The fourth-order valence-electron chi connectivity index (χ4n) is 1.31. The monoisotopic (exact) mass is 307 g/mol. The highest BCUT2D eigenvalue weighted by atomic mass is 127. The third-order valence-electron chi connectivity index (χ3n) is 2.04. The van der Waals surface area contributed by atoms with Crippen molar-refractivity contribution in [2.24, 2.45) is 0 Å². The van der Waals surface area contributed by atoms with Crippen LogP contribution < -0.4 is 0 Å². The van der Waals surface area contributed by atoms with E-state index in [-0.39, 0.29) is 5.78 Å². The summed E-state index contributed by atoms with van der Waals surface area (Å²) in [6.07, 6.45) is 0. The van der Waals surface area contributed by atoms with Crippen LogP contribution in [-0.2, 0) is 0 Å². The largest absolute Gasteiger partial charge is 0.289 e. The summed E-state index contributed by atoms with van der Waals surface area (Å²) in [7, 11) is 0. The van der Waals surface area contributed by atoms with Crippen molar-refractivity contribution in [1.82, 2.24) is 0 Å². The van der Waals surface area contributed by atoms with Gasteiger partial charge in [-0.05, 0) is 40.8 Å². The van der Waals surface area contributed by atoms with Crippen molar-refractivity contribution in [3.8, 4) is 0 Å². The summed E-state index contributed by atoms with van der Waals surface area (Å²) in [6, 6.07) is 17.7. The van der Waals surface area contributed by atoms with E-state index in [0.717, 1.165) is 3.57 Å². The Hall–Kier alpha value is -1.16. The third-order valence-corrected chi connectivity index (χ3v) is 2.72. The molecule has 0 atom stereocenters. The van der Waals surface area contributed by atoms with Gasteiger partial charge in [-0.15, -0.1) is 0 Å². The van der Waals surface area contributed by atoms with Crippen LogP contribution in [-0.4, -0.2) is 5.78 Å². The molecule has 0 N–H and O–H groups in total. The smallest absolute Gasteiger partial charge is 0.193 e. The molecule has 0 fully saturated rings. The van der Waals surface area contributed by atoms with Gasteiger partial charge in [0.2, 0.25) is 0 Å². The molecule has 73 valence electrons. The second kappa shape index (κ2) is 4.57. The standard InChI is InChI=1S/C13H8IO/c14-12-8-4-7-11(9-12)13(15)10-5-2-1-3-6-10/h1-6,8-9H. The molecule has 2 aromatic carbocycles. The Kier molecular flexibility index (Phi) is 3.16. The maximum atomic E-state index is 12.0. The number of ketones is 1. The molecule has 1 nitrogen and oxygen atoms in total. The highest BCUT2D eigenvalue weighted by molar-refractivity contribution is 14.1. The molecule has 0 aliphatic carbocycles. The first kappa shape index (κ1) is 10.4. The summed E-state index contributed by atoms with van der Waals surface area (Å²) in [4.78, 5) is 12.0. The average Bonchev–Trinajstić information content (AvgIpc) is 2.29. The number of carbonyl (C=O) groups excluding carboxylic acids is 1. The van der Waals surface area contributed by atoms with Crippen molar-refractivity contribution in [1.29, 1.82) is 0 Å². The Morgan fingerprint density at radius 3 is 2.53 bits per heavy atom. The van der Waals surface area contributed by atoms with Gasteiger partial charge in [-0.2, -0.15) is 0 Å². The van der Waals surface area contributed by atoms with Crippen molar-refractivity contribution < 1.29 is 4.79 Å². The summed E-state index contributed by atoms with van der Waals surface area (Å²) in [5, 5.41) is 0. The van der Waals surface area contributed by atoms with Crippen LogP contribution in [0.15, 0.2) is 48.5 Å². The van der Waals surface area contributed by atoms with E-state index in [9.17, 15) is 4.79 Å². The van der Waals surface area contributed by atoms with E-state index >= 15 is 0 Å². The van der Waals surface area contributed by atoms with E-state index in [1.807, 2.05) is 42.5 Å². The van der Waals surface area contributed by atoms with Gasteiger partial charge in [0.05, 0.1) is 0 Å². The van der Waals surface area contributed by atoms with Crippen LogP contribution in [0.2, 0.25) is 0 Å². The number of hydrogen-bond acceptors (Lipinski definition) is 1. The minimum atomic E-state index is 0.0223. The van der Waals surface area contributed by atoms with Crippen LogP contribution in [0, 0.1) is 9.64 Å². The van der Waals surface area contributed by atoms with Crippen LogP contribution in [0.1, 0.15) is 15.9 Å². The van der Waals surface area contributed by atoms with Gasteiger partial charge in [-0.3, -0.25) is 4.79 Å². The molecule has 15 heavy (non-hydrogen) atoms. The molecule has 0 aliphatic heterocycles. The van der Waals surface area contributed by atoms with E-state index in [4.69, 9.17) is 0 Å². The maximum absolute atomic E-state index is 12.0. The molecular weight excluding hydrogens is 299 g/mol. The molecule has 0 saturated carbocycles. The SMILES string of the molecule is O=C(c1[c]ccc(I)c1)c1ccccc1. The van der Waals surface area contributed by atoms with Gasteiger partial charge in [0.15, 0.2) is 5.78 Å². The van der Waals surface area contributed by atoms with Crippen molar-refractivity contribution in [3.63, 3.8) is 0 Å². The topological polar surface area (TPSA) is 17.1 Å². The van der Waals surface area contributed by atoms with E-state index in [0.29, 0.717) is 11.1 Å². The van der Waals surface area contributed by atoms with Crippen molar-refractivity contribution in [2.75, 3.05) is 0 Å². The molecule has 0 bridgehead atoms. The van der Waals surface area contributed by atoms with E-state index in [2.05, 4.69) is 28.7 Å². The molecule has 0 amide bonds. The van der Waals surface area contributed by atoms with E-state index in [1.165, 1.54) is 0 Å². The fraction of sp³-hybridized carbons (Fsp3) is 0. The predicted molar refractivity (Wildman–Crippen MR) is 67.9 cm³/mol. The van der Waals surface area contributed by atoms with Gasteiger partial charge in [0.1, 0.15) is 0 Å². The molecule has 2 aromatic rings. The summed E-state index contributed by atoms with van der Waals surface area (Å²) in [6.45, 7) is 0. The second-order valence-corrected chi connectivity index (χ2v) is 4.36. The molecule has 2 heteroatoms. The summed E-state index contributed by atoms with van der Waals surface area (Å²) < 4.78 is 1.05. The predicted octanol–water partition coefficient (Wildman–Crippen LogP) is 3.32. The molecule has 1 radical (unpaired) electrons. The Bertz CT molecular complexity index is 477. The minimum absolute atomic E-state index is 0.0223. The Balaban J connectivity index is 2.37. The zero-order valence-electron chi connectivity index (χ0n) is 7.91. The first-order valence-electron chi connectivity index (χ1n) is 4.54. The summed E-state index contributed by atoms with van der Waals surface area (Å²) >= 11 is 2.19. The third kappa shape index (κ3) is 2.45. The first-order chi connectivity index (χ1) is 7.27. The van der Waals surface area contributed by atoms with Crippen molar-refractivity contribution in [3.05, 3.63) is 69.3 Å². The number of benzene rings is 2. The second-order valence-electron chi connectivity index (χ2n) is 3.12. The lowest BCUT2D eigenvalue weighted by molar-refractivity contribution is 0.103. The average molecular weight is 307 g/mol. The molecule has 0 aliphatic rings. The Morgan fingerprint density at radius 1 is 1.13 bits per heavy atom. The van der Waals surface area contributed by atoms with Crippen LogP contribution >= 0.6 is 22.6 Å². The number of carbonyl (C=O) groups is 1. The number of rotatable bonds is 2.